The van der Waals surface area contributed by atoms with Gasteiger partial charge in [-0.2, -0.15) is 4.39 Å². The highest BCUT2D eigenvalue weighted by Gasteiger charge is 2.10. The van der Waals surface area contributed by atoms with Crippen LogP contribution in [0.1, 0.15) is 96.8 Å². The second kappa shape index (κ2) is 15.1. The summed E-state index contributed by atoms with van der Waals surface area (Å²) in [6.07, 6.45) is 18.2. The van der Waals surface area contributed by atoms with Gasteiger partial charge in [0.15, 0.2) is 0 Å². The fraction of sp³-hybridized carbons (Fsp3) is 0.762. The number of aromatic nitrogens is 2. The molecule has 0 fully saturated rings. The second-order valence-electron chi connectivity index (χ2n) is 7.43. The van der Waals surface area contributed by atoms with E-state index in [1.165, 1.54) is 70.6 Å². The van der Waals surface area contributed by atoms with Gasteiger partial charge in [0.05, 0.1) is 6.20 Å². The van der Waals surface area contributed by atoms with Crippen molar-refractivity contribution in [2.24, 2.45) is 0 Å². The van der Waals surface area contributed by atoms with Crippen LogP contribution in [0.3, 0.4) is 0 Å². The predicted octanol–water partition coefficient (Wildman–Crippen LogP) is 4.71. The summed E-state index contributed by atoms with van der Waals surface area (Å²) in [6, 6.07) is -0.727. The first-order valence-corrected chi connectivity index (χ1v) is 10.9. The van der Waals surface area contributed by atoms with Gasteiger partial charge in [-0.15, -0.1) is 0 Å². The summed E-state index contributed by atoms with van der Waals surface area (Å²) < 4.78 is 13.7. The number of aromatic amines is 1. The number of nitrogens with zero attached hydrogens (tertiary/aromatic N) is 1. The molecule has 0 unspecified atom stereocenters. The van der Waals surface area contributed by atoms with Crippen LogP contribution >= 0.6 is 0 Å². The van der Waals surface area contributed by atoms with E-state index in [-0.39, 0.29) is 0 Å². The number of amides is 1. The molecule has 0 bridgehead atoms. The van der Waals surface area contributed by atoms with Gasteiger partial charge in [0.1, 0.15) is 0 Å². The number of nitrogens with one attached hydrogen (secondary N) is 2. The minimum Gasteiger partial charge on any atom is -0.337 e. The van der Waals surface area contributed by atoms with Gasteiger partial charge in [-0.05, 0) is 6.42 Å². The fourth-order valence-electron chi connectivity index (χ4n) is 3.20. The number of carbonyl (C=O) groups is 1. The van der Waals surface area contributed by atoms with E-state index in [4.69, 9.17) is 0 Å². The average molecular weight is 398 g/mol. The molecule has 1 rings (SSSR count). The molecular formula is C21H36FN3O3. The summed E-state index contributed by atoms with van der Waals surface area (Å²) in [4.78, 5) is 36.0. The lowest BCUT2D eigenvalue weighted by Crippen LogP contribution is -2.40. The van der Waals surface area contributed by atoms with Gasteiger partial charge >= 0.3 is 11.7 Å². The standard InChI is InChI=1S/C21H36FN3O3/c1-2-3-4-5-6-7-8-9-10-11-12-13-14-15-16-23-20(27)25-17-18(22)19(26)24-21(25)28/h17H,2-16H2,1H3,(H,23,27)(H,24,26,28). The maximum atomic E-state index is 13.2. The molecular weight excluding hydrogens is 361 g/mol. The summed E-state index contributed by atoms with van der Waals surface area (Å²) in [6.45, 7) is 2.67. The Balaban J connectivity index is 1.95. The van der Waals surface area contributed by atoms with Gasteiger partial charge in [0.2, 0.25) is 5.82 Å². The zero-order valence-corrected chi connectivity index (χ0v) is 17.2. The lowest BCUT2D eigenvalue weighted by molar-refractivity contribution is 0.240. The van der Waals surface area contributed by atoms with Crippen LogP contribution < -0.4 is 16.6 Å². The molecule has 0 aliphatic heterocycles. The Hall–Kier alpha value is -1.92. The van der Waals surface area contributed by atoms with Crippen LogP contribution in [0, 0.1) is 5.82 Å². The molecule has 160 valence electrons. The minimum atomic E-state index is -1.16. The second-order valence-corrected chi connectivity index (χ2v) is 7.43. The van der Waals surface area contributed by atoms with Crippen molar-refractivity contribution >= 4 is 6.03 Å². The number of hydrogen-bond acceptors (Lipinski definition) is 3. The molecule has 0 aliphatic carbocycles. The molecule has 0 aromatic carbocycles. The van der Waals surface area contributed by atoms with E-state index in [1.54, 1.807) is 4.98 Å². The number of hydrogen-bond donors (Lipinski definition) is 2. The first kappa shape index (κ1) is 24.1. The van der Waals surface area contributed by atoms with Crippen LogP contribution in [0.25, 0.3) is 0 Å². The number of rotatable bonds is 15. The van der Waals surface area contributed by atoms with E-state index in [0.29, 0.717) is 17.3 Å². The van der Waals surface area contributed by atoms with Gasteiger partial charge in [0.25, 0.3) is 5.56 Å². The van der Waals surface area contributed by atoms with Gasteiger partial charge in [0, 0.05) is 6.54 Å². The highest BCUT2D eigenvalue weighted by atomic mass is 19.1. The Kier molecular flexibility index (Phi) is 13.0. The van der Waals surface area contributed by atoms with Crippen LogP contribution in [0.4, 0.5) is 9.18 Å². The van der Waals surface area contributed by atoms with Crippen molar-refractivity contribution in [2.75, 3.05) is 6.54 Å². The molecule has 0 saturated heterocycles. The lowest BCUT2D eigenvalue weighted by Gasteiger charge is -2.07. The summed E-state index contributed by atoms with van der Waals surface area (Å²) in [5, 5.41) is 2.57. The lowest BCUT2D eigenvalue weighted by atomic mass is 10.0. The Labute approximate surface area is 166 Å². The molecule has 0 radical (unpaired) electrons. The molecule has 0 atom stereocenters. The number of unbranched alkanes of at least 4 members (excludes halogenated alkanes) is 13. The normalized spacial score (nSPS) is 10.9. The van der Waals surface area contributed by atoms with Crippen molar-refractivity contribution in [1.29, 1.82) is 0 Å². The van der Waals surface area contributed by atoms with E-state index < -0.39 is 23.1 Å². The zero-order valence-electron chi connectivity index (χ0n) is 17.2. The largest absolute Gasteiger partial charge is 0.337 e. The number of carbonyl (C=O) groups excluding carboxylic acids is 1. The van der Waals surface area contributed by atoms with Gasteiger partial charge in [-0.3, -0.25) is 9.78 Å². The summed E-state index contributed by atoms with van der Waals surface area (Å²) in [7, 11) is 0. The smallest absolute Gasteiger partial charge is 0.336 e. The third kappa shape index (κ3) is 10.4. The van der Waals surface area contributed by atoms with Crippen LogP contribution in [0.2, 0.25) is 0 Å². The average Bonchev–Trinajstić information content (AvgIpc) is 2.67. The fourth-order valence-corrected chi connectivity index (χ4v) is 3.20. The van der Waals surface area contributed by atoms with Crippen molar-refractivity contribution in [3.05, 3.63) is 32.9 Å². The van der Waals surface area contributed by atoms with Crippen LogP contribution in [-0.4, -0.2) is 22.1 Å². The molecule has 2 N–H and O–H groups in total. The maximum absolute atomic E-state index is 13.2. The number of halogens is 1. The monoisotopic (exact) mass is 397 g/mol. The van der Waals surface area contributed by atoms with Crippen LogP contribution in [0.5, 0.6) is 0 Å². The molecule has 1 heterocycles. The Morgan fingerprint density at radius 1 is 0.893 bits per heavy atom. The molecule has 7 heteroatoms. The first-order valence-electron chi connectivity index (χ1n) is 10.9. The summed E-state index contributed by atoms with van der Waals surface area (Å²) in [5.41, 5.74) is -2.06. The Morgan fingerprint density at radius 3 is 1.86 bits per heavy atom. The van der Waals surface area contributed by atoms with Crippen LogP contribution in [-0.2, 0) is 0 Å². The quantitative estimate of drug-likeness (QED) is 0.420. The van der Waals surface area contributed by atoms with Crippen molar-refractivity contribution in [3.8, 4) is 0 Å². The molecule has 0 saturated carbocycles. The topological polar surface area (TPSA) is 84.0 Å². The Bertz CT molecular complexity index is 670. The summed E-state index contributed by atoms with van der Waals surface area (Å²) >= 11 is 0. The van der Waals surface area contributed by atoms with E-state index >= 15 is 0 Å². The maximum Gasteiger partial charge on any atom is 0.336 e. The van der Waals surface area contributed by atoms with E-state index in [9.17, 15) is 18.8 Å². The van der Waals surface area contributed by atoms with Crippen molar-refractivity contribution in [3.63, 3.8) is 0 Å². The van der Waals surface area contributed by atoms with Gasteiger partial charge in [-0.25, -0.2) is 14.2 Å². The first-order chi connectivity index (χ1) is 13.6. The predicted molar refractivity (Wildman–Crippen MR) is 110 cm³/mol. The highest BCUT2D eigenvalue weighted by molar-refractivity contribution is 5.76. The molecule has 28 heavy (non-hydrogen) atoms. The summed E-state index contributed by atoms with van der Waals surface area (Å²) in [5.74, 6) is -1.16. The van der Waals surface area contributed by atoms with Crippen molar-refractivity contribution < 1.29 is 9.18 Å². The molecule has 0 spiro atoms. The third-order valence-corrected chi connectivity index (χ3v) is 4.92. The third-order valence-electron chi connectivity index (χ3n) is 4.92. The number of H-pyrrole nitrogens is 1. The Morgan fingerprint density at radius 2 is 1.36 bits per heavy atom. The van der Waals surface area contributed by atoms with Crippen molar-refractivity contribution in [1.82, 2.24) is 14.9 Å². The van der Waals surface area contributed by atoms with E-state index in [2.05, 4.69) is 12.2 Å². The van der Waals surface area contributed by atoms with Gasteiger partial charge in [-0.1, -0.05) is 90.4 Å². The SMILES string of the molecule is CCCCCCCCCCCCCCCCNC(=O)n1cc(F)c(=O)[nH]c1=O. The molecule has 0 aliphatic rings. The molecule has 1 aromatic rings. The van der Waals surface area contributed by atoms with E-state index in [0.717, 1.165) is 19.3 Å². The highest BCUT2D eigenvalue weighted by Crippen LogP contribution is 2.12. The molecule has 6 nitrogen and oxygen atoms in total. The zero-order chi connectivity index (χ0) is 20.6. The molecule has 1 amide bonds. The minimum absolute atomic E-state index is 0.421. The van der Waals surface area contributed by atoms with E-state index in [1.807, 2.05) is 0 Å². The van der Waals surface area contributed by atoms with Gasteiger partial charge < -0.3 is 5.32 Å². The van der Waals surface area contributed by atoms with Crippen molar-refractivity contribution in [2.45, 2.75) is 96.8 Å². The van der Waals surface area contributed by atoms with Crippen LogP contribution in [0.15, 0.2) is 15.8 Å². The molecule has 1 aromatic heterocycles.